The monoisotopic (exact) mass is 258 g/mol. The molecule has 1 aliphatic rings. The molecule has 0 radical (unpaired) electrons. The number of nitrogens with zero attached hydrogens (tertiary/aromatic N) is 3. The van der Waals surface area contributed by atoms with Gasteiger partial charge in [0.05, 0.1) is 6.33 Å². The molecule has 1 aromatic rings. The fraction of sp³-hybridized carbons (Fsp3) is 0.700. The zero-order chi connectivity index (χ0) is 12.6. The SMILES string of the molecule is CC1CCN(S(=O)(=O)c2cn(C)cn2)CC1N. The van der Waals surface area contributed by atoms with E-state index >= 15 is 0 Å². The first-order valence-electron chi connectivity index (χ1n) is 5.65. The molecule has 1 fully saturated rings. The van der Waals surface area contributed by atoms with Crippen molar-refractivity contribution < 1.29 is 8.42 Å². The first-order chi connectivity index (χ1) is 7.91. The van der Waals surface area contributed by atoms with E-state index in [1.165, 1.54) is 16.8 Å². The van der Waals surface area contributed by atoms with Crippen molar-refractivity contribution in [1.82, 2.24) is 13.9 Å². The highest BCUT2D eigenvalue weighted by molar-refractivity contribution is 7.89. The van der Waals surface area contributed by atoms with Crippen molar-refractivity contribution in [3.8, 4) is 0 Å². The molecule has 1 aliphatic heterocycles. The van der Waals surface area contributed by atoms with E-state index in [0.717, 1.165) is 6.42 Å². The zero-order valence-corrected chi connectivity index (χ0v) is 10.9. The van der Waals surface area contributed by atoms with Crippen molar-refractivity contribution in [3.05, 3.63) is 12.5 Å². The van der Waals surface area contributed by atoms with Gasteiger partial charge in [-0.2, -0.15) is 4.31 Å². The summed E-state index contributed by atoms with van der Waals surface area (Å²) in [5.41, 5.74) is 5.92. The molecule has 7 heteroatoms. The molecule has 2 atom stereocenters. The Morgan fingerprint density at radius 1 is 1.53 bits per heavy atom. The Labute approximate surface area is 101 Å². The summed E-state index contributed by atoms with van der Waals surface area (Å²) in [7, 11) is -1.73. The van der Waals surface area contributed by atoms with E-state index in [4.69, 9.17) is 5.73 Å². The molecule has 2 heterocycles. The van der Waals surface area contributed by atoms with Crippen molar-refractivity contribution in [2.75, 3.05) is 13.1 Å². The highest BCUT2D eigenvalue weighted by Gasteiger charge is 2.33. The quantitative estimate of drug-likeness (QED) is 0.795. The largest absolute Gasteiger partial charge is 0.339 e. The first kappa shape index (κ1) is 12.5. The Balaban J connectivity index is 2.22. The smallest absolute Gasteiger partial charge is 0.262 e. The predicted octanol–water partition coefficient (Wildman–Crippen LogP) is -0.222. The van der Waals surface area contributed by atoms with E-state index in [2.05, 4.69) is 11.9 Å². The Bertz CT molecular complexity index is 496. The average Bonchev–Trinajstić information content (AvgIpc) is 2.69. The number of imidazole rings is 1. The number of sulfonamides is 1. The molecule has 2 rings (SSSR count). The van der Waals surface area contributed by atoms with Crippen LogP contribution in [0.4, 0.5) is 0 Å². The summed E-state index contributed by atoms with van der Waals surface area (Å²) in [6, 6.07) is -0.0952. The van der Waals surface area contributed by atoms with Crippen LogP contribution in [0, 0.1) is 5.92 Å². The van der Waals surface area contributed by atoms with E-state index in [1.54, 1.807) is 11.6 Å². The highest BCUT2D eigenvalue weighted by Crippen LogP contribution is 2.21. The number of piperidine rings is 1. The van der Waals surface area contributed by atoms with E-state index in [-0.39, 0.29) is 11.1 Å². The highest BCUT2D eigenvalue weighted by atomic mass is 32.2. The second-order valence-electron chi connectivity index (χ2n) is 4.67. The first-order valence-corrected chi connectivity index (χ1v) is 7.09. The van der Waals surface area contributed by atoms with Gasteiger partial charge in [0.25, 0.3) is 10.0 Å². The molecule has 2 unspecified atom stereocenters. The normalized spacial score (nSPS) is 27.2. The van der Waals surface area contributed by atoms with Crippen molar-refractivity contribution in [2.45, 2.75) is 24.4 Å². The molecule has 96 valence electrons. The summed E-state index contributed by atoms with van der Waals surface area (Å²) >= 11 is 0. The second-order valence-corrected chi connectivity index (χ2v) is 6.56. The van der Waals surface area contributed by atoms with Crippen molar-refractivity contribution in [1.29, 1.82) is 0 Å². The third-order valence-electron chi connectivity index (χ3n) is 3.26. The number of hydrogen-bond donors (Lipinski definition) is 1. The maximum Gasteiger partial charge on any atom is 0.262 e. The minimum Gasteiger partial charge on any atom is -0.339 e. The molecule has 0 aliphatic carbocycles. The van der Waals surface area contributed by atoms with Gasteiger partial charge in [0.15, 0.2) is 5.03 Å². The van der Waals surface area contributed by atoms with Gasteiger partial charge in [0, 0.05) is 32.4 Å². The minimum absolute atomic E-state index is 0.0952. The van der Waals surface area contributed by atoms with E-state index in [1.807, 2.05) is 0 Å². The molecule has 0 aromatic carbocycles. The van der Waals surface area contributed by atoms with Gasteiger partial charge in [-0.15, -0.1) is 0 Å². The van der Waals surface area contributed by atoms with Gasteiger partial charge in [-0.25, -0.2) is 13.4 Å². The maximum atomic E-state index is 12.2. The summed E-state index contributed by atoms with van der Waals surface area (Å²) in [6.07, 6.45) is 3.80. The summed E-state index contributed by atoms with van der Waals surface area (Å²) < 4.78 is 27.5. The topological polar surface area (TPSA) is 81.2 Å². The Morgan fingerprint density at radius 3 is 2.76 bits per heavy atom. The Morgan fingerprint density at radius 2 is 2.24 bits per heavy atom. The standard InChI is InChI=1S/C10H18N4O2S/c1-8-3-4-14(5-9(8)11)17(15,16)10-6-13(2)7-12-10/h6-9H,3-5,11H2,1-2H3. The van der Waals surface area contributed by atoms with Gasteiger partial charge < -0.3 is 10.3 Å². The van der Waals surface area contributed by atoms with E-state index < -0.39 is 10.0 Å². The van der Waals surface area contributed by atoms with Crippen LogP contribution in [-0.2, 0) is 17.1 Å². The molecule has 6 nitrogen and oxygen atoms in total. The lowest BCUT2D eigenvalue weighted by Crippen LogP contribution is -2.49. The van der Waals surface area contributed by atoms with Crippen molar-refractivity contribution in [3.63, 3.8) is 0 Å². The third kappa shape index (κ3) is 2.36. The van der Waals surface area contributed by atoms with Crippen LogP contribution in [0.5, 0.6) is 0 Å². The van der Waals surface area contributed by atoms with Crippen LogP contribution in [0.1, 0.15) is 13.3 Å². The van der Waals surface area contributed by atoms with Gasteiger partial charge in [0.1, 0.15) is 0 Å². The summed E-state index contributed by atoms with van der Waals surface area (Å²) in [5, 5.41) is 0.0988. The lowest BCUT2D eigenvalue weighted by molar-refractivity contribution is 0.252. The van der Waals surface area contributed by atoms with Crippen LogP contribution in [-0.4, -0.2) is 41.4 Å². The molecule has 0 spiro atoms. The van der Waals surface area contributed by atoms with Gasteiger partial charge in [0.2, 0.25) is 0 Å². The van der Waals surface area contributed by atoms with Gasteiger partial charge in [-0.1, -0.05) is 6.92 Å². The van der Waals surface area contributed by atoms with Gasteiger partial charge in [-0.3, -0.25) is 0 Å². The molecule has 0 amide bonds. The number of nitrogens with two attached hydrogens (primary N) is 1. The number of hydrogen-bond acceptors (Lipinski definition) is 4. The molecule has 0 bridgehead atoms. The van der Waals surface area contributed by atoms with Crippen LogP contribution in [0.2, 0.25) is 0 Å². The maximum absolute atomic E-state index is 12.2. The number of aryl methyl sites for hydroxylation is 1. The summed E-state index contributed by atoms with van der Waals surface area (Å²) in [4.78, 5) is 3.90. The lowest BCUT2D eigenvalue weighted by Gasteiger charge is -2.33. The molecule has 17 heavy (non-hydrogen) atoms. The zero-order valence-electron chi connectivity index (χ0n) is 10.1. The van der Waals surface area contributed by atoms with Crippen LogP contribution >= 0.6 is 0 Å². The predicted molar refractivity (Wildman–Crippen MR) is 63.7 cm³/mol. The van der Waals surface area contributed by atoms with Crippen molar-refractivity contribution in [2.24, 2.45) is 18.7 Å². The molecule has 2 N–H and O–H groups in total. The molecule has 1 saturated heterocycles. The fourth-order valence-electron chi connectivity index (χ4n) is 1.94. The van der Waals surface area contributed by atoms with Crippen LogP contribution in [0.3, 0.4) is 0 Å². The Hall–Kier alpha value is -0.920. The molecule has 0 saturated carbocycles. The molecular weight excluding hydrogens is 240 g/mol. The lowest BCUT2D eigenvalue weighted by atomic mass is 9.96. The van der Waals surface area contributed by atoms with Crippen LogP contribution < -0.4 is 5.73 Å². The summed E-state index contributed by atoms with van der Waals surface area (Å²) in [6.45, 7) is 2.95. The molecular formula is C10H18N4O2S. The third-order valence-corrected chi connectivity index (χ3v) is 5.02. The minimum atomic E-state index is -3.48. The van der Waals surface area contributed by atoms with E-state index in [9.17, 15) is 8.42 Å². The second kappa shape index (κ2) is 4.40. The average molecular weight is 258 g/mol. The van der Waals surface area contributed by atoms with Gasteiger partial charge in [-0.05, 0) is 12.3 Å². The van der Waals surface area contributed by atoms with Gasteiger partial charge >= 0.3 is 0 Å². The number of aromatic nitrogens is 2. The Kier molecular flexibility index (Phi) is 3.24. The summed E-state index contributed by atoms with van der Waals surface area (Å²) in [5.74, 6) is 0.366. The van der Waals surface area contributed by atoms with Crippen LogP contribution in [0.25, 0.3) is 0 Å². The fourth-order valence-corrected chi connectivity index (χ4v) is 3.40. The van der Waals surface area contributed by atoms with Crippen molar-refractivity contribution >= 4 is 10.0 Å². The van der Waals surface area contributed by atoms with Crippen LogP contribution in [0.15, 0.2) is 17.6 Å². The number of rotatable bonds is 2. The molecule has 1 aromatic heterocycles. The van der Waals surface area contributed by atoms with E-state index in [0.29, 0.717) is 19.0 Å².